The van der Waals surface area contributed by atoms with Crippen molar-refractivity contribution in [3.8, 4) is 12.1 Å². The fourth-order valence-electron chi connectivity index (χ4n) is 4.08. The highest BCUT2D eigenvalue weighted by atomic mass is 32.2. The van der Waals surface area contributed by atoms with E-state index < -0.39 is 35.6 Å². The van der Waals surface area contributed by atoms with Crippen molar-refractivity contribution in [3.63, 3.8) is 0 Å². The lowest BCUT2D eigenvalue weighted by molar-refractivity contribution is 0.581. The highest BCUT2D eigenvalue weighted by Gasteiger charge is 2.36. The van der Waals surface area contributed by atoms with E-state index in [1.54, 1.807) is 43.3 Å². The molecule has 0 bridgehead atoms. The third-order valence-corrected chi connectivity index (χ3v) is 10.3. The van der Waals surface area contributed by atoms with Crippen molar-refractivity contribution in [3.05, 3.63) is 94.0 Å². The minimum absolute atomic E-state index is 0.00382. The predicted molar refractivity (Wildman–Crippen MR) is 143 cm³/mol. The summed E-state index contributed by atoms with van der Waals surface area (Å²) in [5.74, 6) is 0. The molecular formula is C29H30N2O4S2. The van der Waals surface area contributed by atoms with Crippen LogP contribution < -0.4 is 0 Å². The van der Waals surface area contributed by atoms with E-state index in [1.165, 1.54) is 24.3 Å². The van der Waals surface area contributed by atoms with Crippen molar-refractivity contribution < 1.29 is 16.8 Å². The third-order valence-electron chi connectivity index (χ3n) is 6.47. The average Bonchev–Trinajstić information content (AvgIpc) is 2.81. The molecule has 2 unspecified atom stereocenters. The van der Waals surface area contributed by atoms with Gasteiger partial charge in [-0.2, -0.15) is 10.5 Å². The van der Waals surface area contributed by atoms with Crippen LogP contribution in [-0.4, -0.2) is 16.8 Å². The Morgan fingerprint density at radius 3 is 1.24 bits per heavy atom. The first-order chi connectivity index (χ1) is 17.1. The lowest BCUT2D eigenvalue weighted by Crippen LogP contribution is -2.20. The minimum Gasteiger partial charge on any atom is -0.222 e. The molecule has 2 atom stereocenters. The third kappa shape index (κ3) is 5.46. The molecule has 3 aromatic carbocycles. The van der Waals surface area contributed by atoms with Gasteiger partial charge in [-0.25, -0.2) is 16.8 Å². The van der Waals surface area contributed by atoms with Crippen LogP contribution in [0.4, 0.5) is 0 Å². The second kappa shape index (κ2) is 10.1. The Morgan fingerprint density at radius 1 is 0.649 bits per heavy atom. The van der Waals surface area contributed by atoms with Gasteiger partial charge in [0.1, 0.15) is 0 Å². The molecule has 0 aliphatic rings. The van der Waals surface area contributed by atoms with Crippen LogP contribution in [0.1, 0.15) is 64.7 Å². The molecule has 0 aromatic heterocycles. The molecule has 0 N–H and O–H groups in total. The zero-order valence-corrected chi connectivity index (χ0v) is 23.4. The number of rotatable bonds is 6. The van der Waals surface area contributed by atoms with Crippen LogP contribution in [0.3, 0.4) is 0 Å². The number of aryl methyl sites for hydroxylation is 2. The van der Waals surface area contributed by atoms with Gasteiger partial charge in [0, 0.05) is 0 Å². The molecule has 0 amide bonds. The summed E-state index contributed by atoms with van der Waals surface area (Å²) in [6.45, 7) is 10.9. The molecule has 0 spiro atoms. The maximum atomic E-state index is 13.6. The molecule has 0 heterocycles. The Balaban J connectivity index is 2.31. The van der Waals surface area contributed by atoms with E-state index in [9.17, 15) is 27.4 Å². The summed E-state index contributed by atoms with van der Waals surface area (Å²) in [5, 5.41) is 17.0. The molecule has 192 valence electrons. The first kappa shape index (κ1) is 28.1. The lowest BCUT2D eigenvalue weighted by atomic mass is 9.82. The number of hydrogen-bond acceptors (Lipinski definition) is 6. The summed E-state index contributed by atoms with van der Waals surface area (Å²) in [4.78, 5) is -0.00764. The number of hydrogen-bond donors (Lipinski definition) is 0. The summed E-state index contributed by atoms with van der Waals surface area (Å²) in [6.07, 6.45) is 0. The average molecular weight is 535 g/mol. The van der Waals surface area contributed by atoms with Gasteiger partial charge in [-0.05, 0) is 72.7 Å². The van der Waals surface area contributed by atoms with Crippen molar-refractivity contribution in [2.24, 2.45) is 0 Å². The largest absolute Gasteiger partial charge is 0.222 e. The lowest BCUT2D eigenvalue weighted by Gasteiger charge is -2.26. The highest BCUT2D eigenvalue weighted by molar-refractivity contribution is 7.92. The predicted octanol–water partition coefficient (Wildman–Crippen LogP) is 5.99. The van der Waals surface area contributed by atoms with Gasteiger partial charge in [0.2, 0.25) is 0 Å². The SMILES string of the molecule is Cc1ccc(S(=O)(=O)C(C#N)c2cc(C(C)(C)C)cc(C(C#N)S(=O)(=O)c3ccc(C)cc3)c2C)cc1. The normalized spacial score (nSPS) is 13.8. The van der Waals surface area contributed by atoms with E-state index in [2.05, 4.69) is 0 Å². The molecule has 8 heteroatoms. The van der Waals surface area contributed by atoms with Gasteiger partial charge in [-0.1, -0.05) is 68.3 Å². The van der Waals surface area contributed by atoms with Gasteiger partial charge in [0.25, 0.3) is 0 Å². The Hall–Kier alpha value is -3.46. The van der Waals surface area contributed by atoms with Crippen LogP contribution in [0.5, 0.6) is 0 Å². The van der Waals surface area contributed by atoms with Crippen LogP contribution in [0.15, 0.2) is 70.5 Å². The number of nitrogens with zero attached hydrogens (tertiary/aromatic N) is 2. The van der Waals surface area contributed by atoms with Crippen LogP contribution in [0.2, 0.25) is 0 Å². The van der Waals surface area contributed by atoms with Gasteiger partial charge >= 0.3 is 0 Å². The fraction of sp³-hybridized carbons (Fsp3) is 0.310. The zero-order valence-electron chi connectivity index (χ0n) is 21.8. The van der Waals surface area contributed by atoms with E-state index in [0.29, 0.717) is 5.56 Å². The topological polar surface area (TPSA) is 116 Å². The number of benzene rings is 3. The maximum absolute atomic E-state index is 13.6. The molecule has 0 fully saturated rings. The molecule has 0 saturated carbocycles. The summed E-state index contributed by atoms with van der Waals surface area (Å²) in [7, 11) is -8.28. The van der Waals surface area contributed by atoms with Crippen LogP contribution in [-0.2, 0) is 25.1 Å². The standard InChI is InChI=1S/C29H30N2O4S2/c1-19-7-11-23(12-8-19)36(32,33)27(17-30)25-15-22(29(4,5)6)16-26(21(25)3)28(18-31)37(34,35)24-13-9-20(2)10-14-24/h7-16,27-28H,1-6H3. The van der Waals surface area contributed by atoms with E-state index in [0.717, 1.165) is 11.1 Å². The quantitative estimate of drug-likeness (QED) is 0.384. The highest BCUT2D eigenvalue weighted by Crippen LogP contribution is 2.40. The second-order valence-electron chi connectivity index (χ2n) is 10.3. The van der Waals surface area contributed by atoms with Crippen LogP contribution in [0.25, 0.3) is 0 Å². The monoisotopic (exact) mass is 534 g/mol. The molecular weight excluding hydrogens is 504 g/mol. The molecule has 3 rings (SSSR count). The maximum Gasteiger partial charge on any atom is 0.198 e. The summed E-state index contributed by atoms with van der Waals surface area (Å²) in [6, 6.07) is 19.6. The van der Waals surface area contributed by atoms with Crippen molar-refractivity contribution in [2.45, 2.75) is 67.2 Å². The first-order valence-corrected chi connectivity index (χ1v) is 14.8. The molecule has 6 nitrogen and oxygen atoms in total. The number of sulfone groups is 2. The van der Waals surface area contributed by atoms with Crippen molar-refractivity contribution >= 4 is 19.7 Å². The van der Waals surface area contributed by atoms with Gasteiger partial charge in [-0.3, -0.25) is 0 Å². The summed E-state index contributed by atoms with van der Waals surface area (Å²) < 4.78 is 54.3. The van der Waals surface area contributed by atoms with Crippen LogP contribution >= 0.6 is 0 Å². The smallest absolute Gasteiger partial charge is 0.198 e. The second-order valence-corrected chi connectivity index (χ2v) is 14.3. The fourth-order valence-corrected chi connectivity index (χ4v) is 7.09. The van der Waals surface area contributed by atoms with Gasteiger partial charge in [0.05, 0.1) is 21.9 Å². The summed E-state index contributed by atoms with van der Waals surface area (Å²) >= 11 is 0. The molecule has 3 aromatic rings. The Morgan fingerprint density at radius 2 is 0.973 bits per heavy atom. The molecule has 0 saturated heterocycles. The zero-order chi connectivity index (χ0) is 27.8. The van der Waals surface area contributed by atoms with Crippen molar-refractivity contribution in [2.75, 3.05) is 0 Å². The van der Waals surface area contributed by atoms with Crippen molar-refractivity contribution in [1.82, 2.24) is 0 Å². The van der Waals surface area contributed by atoms with Gasteiger partial charge in [-0.15, -0.1) is 0 Å². The minimum atomic E-state index is -4.14. The van der Waals surface area contributed by atoms with Crippen LogP contribution in [0, 0.1) is 43.4 Å². The van der Waals surface area contributed by atoms with Crippen molar-refractivity contribution in [1.29, 1.82) is 10.5 Å². The molecule has 0 aliphatic carbocycles. The Bertz CT molecular complexity index is 1500. The van der Waals surface area contributed by atoms with E-state index >= 15 is 0 Å². The first-order valence-electron chi connectivity index (χ1n) is 11.7. The van der Waals surface area contributed by atoms with E-state index in [4.69, 9.17) is 0 Å². The summed E-state index contributed by atoms with van der Waals surface area (Å²) in [5.41, 5.74) is 2.49. The number of nitriles is 2. The van der Waals surface area contributed by atoms with E-state index in [1.807, 2.05) is 46.8 Å². The van der Waals surface area contributed by atoms with Gasteiger partial charge < -0.3 is 0 Å². The van der Waals surface area contributed by atoms with Gasteiger partial charge in [0.15, 0.2) is 30.2 Å². The Labute approximate surface area is 220 Å². The molecule has 0 aliphatic heterocycles. The molecule has 0 radical (unpaired) electrons. The Kier molecular flexibility index (Phi) is 7.69. The van der Waals surface area contributed by atoms with E-state index in [-0.39, 0.29) is 26.5 Å². The molecule has 37 heavy (non-hydrogen) atoms.